The summed E-state index contributed by atoms with van der Waals surface area (Å²) in [6.45, 7) is 8.44. The highest BCUT2D eigenvalue weighted by Crippen LogP contribution is 2.23. The zero-order chi connectivity index (χ0) is 20.4. The largest absolute Gasteiger partial charge is 0.476 e. The van der Waals surface area contributed by atoms with Gasteiger partial charge in [0.15, 0.2) is 0 Å². The van der Waals surface area contributed by atoms with Gasteiger partial charge in [0.2, 0.25) is 5.88 Å². The monoisotopic (exact) mass is 392 g/mol. The summed E-state index contributed by atoms with van der Waals surface area (Å²) in [5.74, 6) is 1.06. The Labute approximate surface area is 171 Å². The molecular formula is C23H28N4O2. The van der Waals surface area contributed by atoms with E-state index < -0.39 is 0 Å². The molecule has 4 rings (SSSR count). The number of likely N-dealkylation sites (tertiary alicyclic amines) is 1. The second-order valence-corrected chi connectivity index (χ2v) is 8.82. The van der Waals surface area contributed by atoms with Crippen LogP contribution in [0.15, 0.2) is 42.5 Å². The summed E-state index contributed by atoms with van der Waals surface area (Å²) in [6, 6.07) is 13.8. The number of para-hydroxylation sites is 1. The van der Waals surface area contributed by atoms with Gasteiger partial charge in [-0.3, -0.25) is 4.79 Å². The molecule has 0 atom stereocenters. The van der Waals surface area contributed by atoms with Gasteiger partial charge in [-0.1, -0.05) is 39.0 Å². The van der Waals surface area contributed by atoms with Crippen molar-refractivity contribution < 1.29 is 9.53 Å². The Balaban J connectivity index is 1.28. The topological polar surface area (TPSA) is 71.1 Å². The summed E-state index contributed by atoms with van der Waals surface area (Å²) >= 11 is 0. The third kappa shape index (κ3) is 4.42. The Kier molecular flexibility index (Phi) is 5.26. The molecule has 1 aromatic carbocycles. The number of ether oxygens (including phenoxy) is 1. The van der Waals surface area contributed by atoms with Crippen LogP contribution in [0.4, 0.5) is 0 Å². The summed E-state index contributed by atoms with van der Waals surface area (Å²) < 4.78 is 5.85. The minimum atomic E-state index is -0.0180. The normalized spacial score (nSPS) is 15.6. The number of nitrogens with zero attached hydrogens (tertiary/aromatic N) is 3. The van der Waals surface area contributed by atoms with E-state index in [9.17, 15) is 4.79 Å². The maximum Gasteiger partial charge on any atom is 0.270 e. The minimum Gasteiger partial charge on any atom is -0.476 e. The highest BCUT2D eigenvalue weighted by molar-refractivity contribution is 5.98. The average molecular weight is 393 g/mol. The van der Waals surface area contributed by atoms with Crippen LogP contribution in [0.1, 0.15) is 49.8 Å². The lowest BCUT2D eigenvalue weighted by molar-refractivity contribution is 0.0654. The Morgan fingerprint density at radius 1 is 1.14 bits per heavy atom. The second kappa shape index (κ2) is 7.85. The lowest BCUT2D eigenvalue weighted by Crippen LogP contribution is -2.39. The highest BCUT2D eigenvalue weighted by atomic mass is 16.5. The molecule has 3 aromatic rings. The van der Waals surface area contributed by atoms with Crippen LogP contribution < -0.4 is 4.74 Å². The van der Waals surface area contributed by atoms with Crippen LogP contribution in [0.5, 0.6) is 5.88 Å². The van der Waals surface area contributed by atoms with Gasteiger partial charge in [-0.05, 0) is 37.0 Å². The van der Waals surface area contributed by atoms with Crippen LogP contribution in [0.2, 0.25) is 0 Å². The molecule has 29 heavy (non-hydrogen) atoms. The first-order valence-corrected chi connectivity index (χ1v) is 10.2. The van der Waals surface area contributed by atoms with Gasteiger partial charge in [0.05, 0.1) is 12.3 Å². The molecule has 6 nitrogen and oxygen atoms in total. The van der Waals surface area contributed by atoms with E-state index in [2.05, 4.69) is 36.0 Å². The maximum atomic E-state index is 12.8. The molecule has 152 valence electrons. The van der Waals surface area contributed by atoms with Crippen molar-refractivity contribution >= 4 is 16.8 Å². The predicted octanol–water partition coefficient (Wildman–Crippen LogP) is 4.19. The van der Waals surface area contributed by atoms with Gasteiger partial charge in [0, 0.05) is 35.5 Å². The van der Waals surface area contributed by atoms with Crippen molar-refractivity contribution in [3.63, 3.8) is 0 Å². The van der Waals surface area contributed by atoms with Gasteiger partial charge in [-0.25, -0.2) is 0 Å². The number of hydrogen-bond acceptors (Lipinski definition) is 4. The van der Waals surface area contributed by atoms with E-state index in [-0.39, 0.29) is 11.3 Å². The van der Waals surface area contributed by atoms with E-state index in [0.717, 1.165) is 42.5 Å². The molecule has 1 fully saturated rings. The van der Waals surface area contributed by atoms with Crippen molar-refractivity contribution in [2.75, 3.05) is 19.7 Å². The number of aromatic amines is 1. The molecule has 0 aliphatic carbocycles. The van der Waals surface area contributed by atoms with Crippen LogP contribution in [-0.4, -0.2) is 45.7 Å². The first kappa shape index (κ1) is 19.4. The molecule has 1 aliphatic heterocycles. The number of aromatic nitrogens is 3. The zero-order valence-electron chi connectivity index (χ0n) is 17.3. The summed E-state index contributed by atoms with van der Waals surface area (Å²) in [4.78, 5) is 18.0. The molecule has 1 amide bonds. The predicted molar refractivity (Wildman–Crippen MR) is 113 cm³/mol. The molecular weight excluding hydrogens is 364 g/mol. The molecule has 0 radical (unpaired) electrons. The fourth-order valence-corrected chi connectivity index (χ4v) is 3.66. The van der Waals surface area contributed by atoms with E-state index in [4.69, 9.17) is 4.74 Å². The highest BCUT2D eigenvalue weighted by Gasteiger charge is 2.25. The van der Waals surface area contributed by atoms with Crippen molar-refractivity contribution in [3.8, 4) is 5.88 Å². The first-order valence-electron chi connectivity index (χ1n) is 10.2. The number of nitrogens with one attached hydrogen (secondary N) is 1. The van der Waals surface area contributed by atoms with Gasteiger partial charge in [0.25, 0.3) is 5.91 Å². The summed E-state index contributed by atoms with van der Waals surface area (Å²) in [7, 11) is 0. The van der Waals surface area contributed by atoms with Gasteiger partial charge in [-0.2, -0.15) is 5.10 Å². The van der Waals surface area contributed by atoms with E-state index in [1.54, 1.807) is 0 Å². The van der Waals surface area contributed by atoms with Crippen molar-refractivity contribution in [1.82, 2.24) is 20.1 Å². The molecule has 0 spiro atoms. The quantitative estimate of drug-likeness (QED) is 0.723. The van der Waals surface area contributed by atoms with Crippen molar-refractivity contribution in [3.05, 3.63) is 53.9 Å². The Morgan fingerprint density at radius 2 is 1.90 bits per heavy atom. The number of fused-ring (bicyclic) bond motifs is 1. The minimum absolute atomic E-state index is 0.0180. The summed E-state index contributed by atoms with van der Waals surface area (Å²) in [5.41, 5.74) is 2.59. The van der Waals surface area contributed by atoms with Crippen LogP contribution >= 0.6 is 0 Å². The van der Waals surface area contributed by atoms with Gasteiger partial charge in [-0.15, -0.1) is 5.10 Å². The lowest BCUT2D eigenvalue weighted by atomic mass is 9.92. The third-order valence-corrected chi connectivity index (χ3v) is 5.54. The van der Waals surface area contributed by atoms with Crippen LogP contribution in [0.3, 0.4) is 0 Å². The van der Waals surface area contributed by atoms with E-state index in [0.29, 0.717) is 24.1 Å². The molecule has 1 N–H and O–H groups in total. The van der Waals surface area contributed by atoms with Crippen molar-refractivity contribution in [1.29, 1.82) is 0 Å². The number of H-pyrrole nitrogens is 1. The van der Waals surface area contributed by atoms with Crippen molar-refractivity contribution in [2.45, 2.75) is 39.0 Å². The summed E-state index contributed by atoms with van der Waals surface area (Å²) in [5, 5.41) is 9.53. The second-order valence-electron chi connectivity index (χ2n) is 8.82. The number of amides is 1. The Bertz CT molecular complexity index is 947. The number of carbonyl (C=O) groups excluding carboxylic acids is 1. The number of piperidine rings is 1. The van der Waals surface area contributed by atoms with E-state index in [1.807, 2.05) is 47.4 Å². The molecule has 3 heterocycles. The molecule has 1 saturated heterocycles. The Hall–Kier alpha value is -2.89. The molecule has 0 unspecified atom stereocenters. The standard InChI is InChI=1S/C23H28N4O2/c1-23(2,3)20-8-9-21(26-25-20)29-15-16-10-12-27(13-11-16)22(28)19-14-17-6-4-5-7-18(17)24-19/h4-9,14,16,24H,10-13,15H2,1-3H3. The number of benzene rings is 1. The third-order valence-electron chi connectivity index (χ3n) is 5.54. The number of carbonyl (C=O) groups is 1. The first-order chi connectivity index (χ1) is 13.9. The lowest BCUT2D eigenvalue weighted by Gasteiger charge is -2.31. The van der Waals surface area contributed by atoms with Crippen LogP contribution in [-0.2, 0) is 5.41 Å². The zero-order valence-corrected chi connectivity index (χ0v) is 17.3. The molecule has 0 bridgehead atoms. The van der Waals surface area contributed by atoms with E-state index >= 15 is 0 Å². The Morgan fingerprint density at radius 3 is 2.55 bits per heavy atom. The fraction of sp³-hybridized carbons (Fsp3) is 0.435. The molecule has 0 saturated carbocycles. The SMILES string of the molecule is CC(C)(C)c1ccc(OCC2CCN(C(=O)c3cc4ccccc4[nH]3)CC2)nn1. The number of rotatable bonds is 4. The smallest absolute Gasteiger partial charge is 0.270 e. The summed E-state index contributed by atoms with van der Waals surface area (Å²) in [6.07, 6.45) is 1.86. The van der Waals surface area contributed by atoms with Crippen LogP contribution in [0, 0.1) is 5.92 Å². The van der Waals surface area contributed by atoms with Gasteiger partial charge < -0.3 is 14.6 Å². The van der Waals surface area contributed by atoms with Gasteiger partial charge >= 0.3 is 0 Å². The fourth-order valence-electron chi connectivity index (χ4n) is 3.66. The maximum absolute atomic E-state index is 12.8. The van der Waals surface area contributed by atoms with Crippen molar-refractivity contribution in [2.24, 2.45) is 5.92 Å². The van der Waals surface area contributed by atoms with Crippen LogP contribution in [0.25, 0.3) is 10.9 Å². The number of hydrogen-bond donors (Lipinski definition) is 1. The molecule has 2 aromatic heterocycles. The molecule has 6 heteroatoms. The van der Waals surface area contributed by atoms with Gasteiger partial charge in [0.1, 0.15) is 5.69 Å². The average Bonchev–Trinajstić information content (AvgIpc) is 3.16. The molecule has 1 aliphatic rings. The van der Waals surface area contributed by atoms with E-state index in [1.165, 1.54) is 0 Å².